The van der Waals surface area contributed by atoms with E-state index in [-0.39, 0.29) is 42.9 Å². The standard InChI is InChI=1S/C18H30F3N5.HI/c1-4-22-17(24-11-16-23-9-10-26(16)12-13(2)3)25-15-7-5-14(6-8-15)18(19,20)21;/h9-10,13-15H,4-8,11-12H2,1-3H3,(H2,22,24,25);1H. The van der Waals surface area contributed by atoms with Crippen molar-refractivity contribution in [2.24, 2.45) is 16.8 Å². The van der Waals surface area contributed by atoms with Crippen molar-refractivity contribution in [2.75, 3.05) is 6.54 Å². The molecule has 1 heterocycles. The van der Waals surface area contributed by atoms with Gasteiger partial charge in [0.25, 0.3) is 0 Å². The van der Waals surface area contributed by atoms with Crippen LogP contribution < -0.4 is 10.6 Å². The highest BCUT2D eigenvalue weighted by Crippen LogP contribution is 2.37. The van der Waals surface area contributed by atoms with Crippen LogP contribution in [0.25, 0.3) is 0 Å². The Labute approximate surface area is 176 Å². The van der Waals surface area contributed by atoms with E-state index in [1.807, 2.05) is 13.1 Å². The quantitative estimate of drug-likeness (QED) is 0.347. The predicted molar refractivity (Wildman–Crippen MR) is 112 cm³/mol. The molecule has 0 saturated heterocycles. The lowest BCUT2D eigenvalue weighted by Crippen LogP contribution is -2.45. The van der Waals surface area contributed by atoms with Gasteiger partial charge in [-0.3, -0.25) is 0 Å². The number of hydrogen-bond donors (Lipinski definition) is 2. The molecule has 2 rings (SSSR count). The topological polar surface area (TPSA) is 54.2 Å². The molecule has 5 nitrogen and oxygen atoms in total. The maximum absolute atomic E-state index is 12.8. The van der Waals surface area contributed by atoms with Gasteiger partial charge < -0.3 is 15.2 Å². The summed E-state index contributed by atoms with van der Waals surface area (Å²) in [6.45, 7) is 8.29. The highest BCUT2D eigenvalue weighted by atomic mass is 127. The molecule has 0 aromatic carbocycles. The van der Waals surface area contributed by atoms with Gasteiger partial charge in [0.15, 0.2) is 5.96 Å². The fourth-order valence-electron chi connectivity index (χ4n) is 3.28. The summed E-state index contributed by atoms with van der Waals surface area (Å²) >= 11 is 0. The first kappa shape index (κ1) is 24.0. The first-order chi connectivity index (χ1) is 12.3. The molecule has 1 aromatic rings. The minimum Gasteiger partial charge on any atom is -0.357 e. The molecular weight excluding hydrogens is 470 g/mol. The number of rotatable bonds is 6. The normalized spacial score (nSPS) is 21.1. The Hall–Kier alpha value is -1.00. The lowest BCUT2D eigenvalue weighted by Gasteiger charge is -2.31. The number of imidazole rings is 1. The van der Waals surface area contributed by atoms with Crippen molar-refractivity contribution in [3.63, 3.8) is 0 Å². The number of halogens is 4. The zero-order valence-corrected chi connectivity index (χ0v) is 18.6. The van der Waals surface area contributed by atoms with E-state index in [4.69, 9.17) is 0 Å². The van der Waals surface area contributed by atoms with E-state index in [0.717, 1.165) is 12.4 Å². The molecule has 1 aromatic heterocycles. The third-order valence-corrected chi connectivity index (χ3v) is 4.62. The third kappa shape index (κ3) is 7.87. The van der Waals surface area contributed by atoms with Crippen LogP contribution in [-0.2, 0) is 13.1 Å². The molecule has 0 unspecified atom stereocenters. The van der Waals surface area contributed by atoms with Gasteiger partial charge in [-0.2, -0.15) is 13.2 Å². The average Bonchev–Trinajstić information content (AvgIpc) is 2.99. The van der Waals surface area contributed by atoms with E-state index in [2.05, 4.69) is 39.0 Å². The maximum atomic E-state index is 12.8. The van der Waals surface area contributed by atoms with E-state index in [1.54, 1.807) is 6.20 Å². The van der Waals surface area contributed by atoms with Crippen LogP contribution in [0.1, 0.15) is 52.3 Å². The van der Waals surface area contributed by atoms with Gasteiger partial charge in [0.1, 0.15) is 12.4 Å². The van der Waals surface area contributed by atoms with Crippen molar-refractivity contribution in [3.8, 4) is 0 Å². The fourth-order valence-corrected chi connectivity index (χ4v) is 3.28. The Balaban J connectivity index is 0.00000364. The number of aromatic nitrogens is 2. The fraction of sp³-hybridized carbons (Fsp3) is 0.778. The molecule has 1 aliphatic carbocycles. The predicted octanol–water partition coefficient (Wildman–Crippen LogP) is 4.33. The number of hydrogen-bond acceptors (Lipinski definition) is 2. The summed E-state index contributed by atoms with van der Waals surface area (Å²) < 4.78 is 40.5. The van der Waals surface area contributed by atoms with Gasteiger partial charge >= 0.3 is 6.18 Å². The van der Waals surface area contributed by atoms with Crippen LogP contribution in [0.5, 0.6) is 0 Å². The van der Waals surface area contributed by atoms with Crippen LogP contribution >= 0.6 is 24.0 Å². The molecular formula is C18H31F3IN5. The molecule has 1 fully saturated rings. The zero-order valence-electron chi connectivity index (χ0n) is 16.2. The number of nitrogens with zero attached hydrogens (tertiary/aromatic N) is 3. The minimum atomic E-state index is -4.07. The van der Waals surface area contributed by atoms with Crippen LogP contribution in [0.15, 0.2) is 17.4 Å². The summed E-state index contributed by atoms with van der Waals surface area (Å²) in [6, 6.07) is 0.0295. The van der Waals surface area contributed by atoms with Crippen molar-refractivity contribution in [1.29, 1.82) is 0 Å². The van der Waals surface area contributed by atoms with Crippen molar-refractivity contribution in [1.82, 2.24) is 20.2 Å². The van der Waals surface area contributed by atoms with Gasteiger partial charge in [-0.15, -0.1) is 24.0 Å². The molecule has 0 bridgehead atoms. The molecule has 0 radical (unpaired) electrons. The second-order valence-electron chi connectivity index (χ2n) is 7.32. The number of nitrogens with one attached hydrogen (secondary N) is 2. The summed E-state index contributed by atoms with van der Waals surface area (Å²) in [5, 5.41) is 6.46. The second-order valence-corrected chi connectivity index (χ2v) is 7.32. The number of guanidine groups is 1. The molecule has 0 spiro atoms. The first-order valence-electron chi connectivity index (χ1n) is 9.41. The van der Waals surface area contributed by atoms with Crippen molar-refractivity contribution < 1.29 is 13.2 Å². The Kier molecular flexibility index (Phi) is 9.89. The first-order valence-corrected chi connectivity index (χ1v) is 9.41. The molecule has 0 aliphatic heterocycles. The highest BCUT2D eigenvalue weighted by Gasteiger charge is 2.41. The van der Waals surface area contributed by atoms with Crippen molar-refractivity contribution in [3.05, 3.63) is 18.2 Å². The van der Waals surface area contributed by atoms with Gasteiger partial charge in [-0.25, -0.2) is 9.98 Å². The average molecular weight is 501 g/mol. The minimum absolute atomic E-state index is 0. The number of alkyl halides is 3. The Bertz CT molecular complexity index is 578. The van der Waals surface area contributed by atoms with Crippen LogP contribution in [0, 0.1) is 11.8 Å². The molecule has 2 N–H and O–H groups in total. The van der Waals surface area contributed by atoms with Gasteiger partial charge in [-0.1, -0.05) is 13.8 Å². The third-order valence-electron chi connectivity index (χ3n) is 4.62. The van der Waals surface area contributed by atoms with Gasteiger partial charge in [0.2, 0.25) is 0 Å². The lowest BCUT2D eigenvalue weighted by molar-refractivity contribution is -0.182. The van der Waals surface area contributed by atoms with Crippen LogP contribution in [0.3, 0.4) is 0 Å². The van der Waals surface area contributed by atoms with Gasteiger partial charge in [0, 0.05) is 31.5 Å². The lowest BCUT2D eigenvalue weighted by atomic mass is 9.85. The zero-order chi connectivity index (χ0) is 19.2. The van der Waals surface area contributed by atoms with E-state index in [1.165, 1.54) is 0 Å². The SMILES string of the molecule is CCNC(=NCc1nccn1CC(C)C)NC1CCC(C(F)(F)F)CC1.I. The summed E-state index contributed by atoms with van der Waals surface area (Å²) in [5.74, 6) is 0.879. The van der Waals surface area contributed by atoms with E-state index in [9.17, 15) is 13.2 Å². The summed E-state index contributed by atoms with van der Waals surface area (Å²) in [4.78, 5) is 8.94. The summed E-state index contributed by atoms with van der Waals surface area (Å²) in [7, 11) is 0. The van der Waals surface area contributed by atoms with E-state index >= 15 is 0 Å². The monoisotopic (exact) mass is 501 g/mol. The summed E-state index contributed by atoms with van der Waals surface area (Å²) in [6.07, 6.45) is 1.03. The van der Waals surface area contributed by atoms with Crippen molar-refractivity contribution >= 4 is 29.9 Å². The van der Waals surface area contributed by atoms with Crippen LogP contribution in [-0.4, -0.2) is 34.3 Å². The maximum Gasteiger partial charge on any atom is 0.391 e. The largest absolute Gasteiger partial charge is 0.391 e. The second kappa shape index (κ2) is 11.1. The highest BCUT2D eigenvalue weighted by molar-refractivity contribution is 14.0. The van der Waals surface area contributed by atoms with E-state index in [0.29, 0.717) is 37.8 Å². The summed E-state index contributed by atoms with van der Waals surface area (Å²) in [5.41, 5.74) is 0. The van der Waals surface area contributed by atoms with Gasteiger partial charge in [-0.05, 0) is 38.5 Å². The van der Waals surface area contributed by atoms with Gasteiger partial charge in [0.05, 0.1) is 5.92 Å². The van der Waals surface area contributed by atoms with Crippen LogP contribution in [0.2, 0.25) is 0 Å². The number of aliphatic imine (C=N–C) groups is 1. The molecule has 27 heavy (non-hydrogen) atoms. The molecule has 0 atom stereocenters. The van der Waals surface area contributed by atoms with E-state index < -0.39 is 12.1 Å². The Morgan fingerprint density at radius 1 is 1.30 bits per heavy atom. The molecule has 0 amide bonds. The van der Waals surface area contributed by atoms with Crippen LogP contribution in [0.4, 0.5) is 13.2 Å². The van der Waals surface area contributed by atoms with Crippen molar-refractivity contribution in [2.45, 2.75) is 71.8 Å². The smallest absolute Gasteiger partial charge is 0.357 e. The molecule has 9 heteroatoms. The Morgan fingerprint density at radius 2 is 1.96 bits per heavy atom. The molecule has 156 valence electrons. The molecule has 1 saturated carbocycles. The Morgan fingerprint density at radius 3 is 2.52 bits per heavy atom. The molecule has 1 aliphatic rings.